The largest absolute Gasteiger partial charge is 0.376 e. The Bertz CT molecular complexity index is 695. The summed E-state index contributed by atoms with van der Waals surface area (Å²) in [7, 11) is 3.14. The number of carbonyl (C=O) groups is 1. The monoisotopic (exact) mass is 354 g/mol. The summed E-state index contributed by atoms with van der Waals surface area (Å²) in [5.41, 5.74) is 1.29. The van der Waals surface area contributed by atoms with Gasteiger partial charge in [0.1, 0.15) is 0 Å². The summed E-state index contributed by atoms with van der Waals surface area (Å²) >= 11 is 0. The van der Waals surface area contributed by atoms with Gasteiger partial charge >= 0.3 is 0 Å². The molecule has 0 bridgehead atoms. The first kappa shape index (κ1) is 18.7. The van der Waals surface area contributed by atoms with Crippen LogP contribution in [0.15, 0.2) is 23.1 Å². The maximum atomic E-state index is 12.5. The zero-order valence-electron chi connectivity index (χ0n) is 14.7. The van der Waals surface area contributed by atoms with Crippen molar-refractivity contribution >= 4 is 27.3 Å². The SMILES string of the molecule is CN(C)c1ccc(S(=O)(=O)N(C)C)cc1NC(=O)C1CCNCC1. The Kier molecular flexibility index (Phi) is 5.84. The van der Waals surface area contributed by atoms with Crippen LogP contribution < -0.4 is 15.5 Å². The number of piperidine rings is 1. The van der Waals surface area contributed by atoms with E-state index in [1.807, 2.05) is 19.0 Å². The molecule has 0 spiro atoms. The summed E-state index contributed by atoms with van der Waals surface area (Å²) in [6.07, 6.45) is 1.58. The zero-order chi connectivity index (χ0) is 17.9. The van der Waals surface area contributed by atoms with Gasteiger partial charge in [0.05, 0.1) is 16.3 Å². The molecule has 0 aromatic heterocycles. The van der Waals surface area contributed by atoms with E-state index in [-0.39, 0.29) is 16.7 Å². The average Bonchev–Trinajstić information content (AvgIpc) is 2.55. The lowest BCUT2D eigenvalue weighted by molar-refractivity contribution is -0.120. The second-order valence-electron chi connectivity index (χ2n) is 6.37. The molecule has 24 heavy (non-hydrogen) atoms. The minimum absolute atomic E-state index is 0.0459. The van der Waals surface area contributed by atoms with Crippen molar-refractivity contribution in [3.8, 4) is 0 Å². The van der Waals surface area contributed by atoms with Crippen LogP contribution in [-0.2, 0) is 14.8 Å². The van der Waals surface area contributed by atoms with E-state index in [1.54, 1.807) is 12.1 Å². The van der Waals surface area contributed by atoms with Crippen LogP contribution in [0.5, 0.6) is 0 Å². The van der Waals surface area contributed by atoms with E-state index in [1.165, 1.54) is 20.2 Å². The first-order chi connectivity index (χ1) is 11.2. The molecule has 0 saturated carbocycles. The highest BCUT2D eigenvalue weighted by atomic mass is 32.2. The van der Waals surface area contributed by atoms with Gasteiger partial charge in [-0.15, -0.1) is 0 Å². The van der Waals surface area contributed by atoms with Crippen LogP contribution in [0.1, 0.15) is 12.8 Å². The molecule has 1 fully saturated rings. The van der Waals surface area contributed by atoms with E-state index < -0.39 is 10.0 Å². The molecule has 8 heteroatoms. The Morgan fingerprint density at radius 3 is 2.33 bits per heavy atom. The third kappa shape index (κ3) is 4.06. The molecule has 1 aliphatic rings. The van der Waals surface area contributed by atoms with Gasteiger partial charge in [-0.25, -0.2) is 12.7 Å². The molecule has 1 amide bonds. The van der Waals surface area contributed by atoms with E-state index in [4.69, 9.17) is 0 Å². The van der Waals surface area contributed by atoms with Gasteiger partial charge in [0, 0.05) is 34.1 Å². The van der Waals surface area contributed by atoms with Crippen molar-refractivity contribution in [2.24, 2.45) is 5.92 Å². The molecular weight excluding hydrogens is 328 g/mol. The first-order valence-electron chi connectivity index (χ1n) is 7.99. The fourth-order valence-electron chi connectivity index (χ4n) is 2.70. The van der Waals surface area contributed by atoms with Crippen LogP contribution in [0, 0.1) is 5.92 Å². The Morgan fingerprint density at radius 1 is 1.17 bits per heavy atom. The van der Waals surface area contributed by atoms with Crippen molar-refractivity contribution in [3.05, 3.63) is 18.2 Å². The number of benzene rings is 1. The predicted molar refractivity (Wildman–Crippen MR) is 95.9 cm³/mol. The van der Waals surface area contributed by atoms with Crippen molar-refractivity contribution in [2.45, 2.75) is 17.7 Å². The summed E-state index contributed by atoms with van der Waals surface area (Å²) in [6, 6.07) is 4.81. The number of rotatable bonds is 5. The summed E-state index contributed by atoms with van der Waals surface area (Å²) in [6.45, 7) is 1.65. The molecule has 1 aromatic carbocycles. The lowest BCUT2D eigenvalue weighted by atomic mass is 9.97. The molecular formula is C16H26N4O3S. The van der Waals surface area contributed by atoms with Gasteiger partial charge in [0.15, 0.2) is 0 Å². The van der Waals surface area contributed by atoms with Crippen LogP contribution in [0.3, 0.4) is 0 Å². The number of amides is 1. The lowest BCUT2D eigenvalue weighted by Crippen LogP contribution is -2.35. The van der Waals surface area contributed by atoms with E-state index >= 15 is 0 Å². The topological polar surface area (TPSA) is 81.8 Å². The summed E-state index contributed by atoms with van der Waals surface area (Å²) in [4.78, 5) is 14.5. The average molecular weight is 354 g/mol. The molecule has 1 heterocycles. The number of carbonyl (C=O) groups excluding carboxylic acids is 1. The van der Waals surface area contributed by atoms with Crippen LogP contribution >= 0.6 is 0 Å². The third-order valence-electron chi connectivity index (χ3n) is 4.20. The Morgan fingerprint density at radius 2 is 1.79 bits per heavy atom. The highest BCUT2D eigenvalue weighted by molar-refractivity contribution is 7.89. The van der Waals surface area contributed by atoms with Gasteiger partial charge in [0.25, 0.3) is 0 Å². The van der Waals surface area contributed by atoms with E-state index in [9.17, 15) is 13.2 Å². The second-order valence-corrected chi connectivity index (χ2v) is 8.53. The first-order valence-corrected chi connectivity index (χ1v) is 9.43. The highest BCUT2D eigenvalue weighted by Crippen LogP contribution is 2.29. The number of sulfonamides is 1. The normalized spacial score (nSPS) is 16.2. The van der Waals surface area contributed by atoms with Crippen molar-refractivity contribution in [1.29, 1.82) is 0 Å². The van der Waals surface area contributed by atoms with E-state index in [0.717, 1.165) is 35.9 Å². The van der Waals surface area contributed by atoms with Crippen LogP contribution in [-0.4, -0.2) is 59.9 Å². The Balaban J connectivity index is 2.33. The number of hydrogen-bond acceptors (Lipinski definition) is 5. The minimum Gasteiger partial charge on any atom is -0.376 e. The van der Waals surface area contributed by atoms with Crippen molar-refractivity contribution < 1.29 is 13.2 Å². The molecule has 1 aromatic rings. The molecule has 1 saturated heterocycles. The second kappa shape index (κ2) is 7.50. The van der Waals surface area contributed by atoms with Crippen LogP contribution in [0.25, 0.3) is 0 Å². The van der Waals surface area contributed by atoms with E-state index in [2.05, 4.69) is 10.6 Å². The standard InChI is InChI=1S/C16H26N4O3S/c1-19(2)15-6-5-13(24(22,23)20(3)4)11-14(15)18-16(21)12-7-9-17-10-8-12/h5-6,11-12,17H,7-10H2,1-4H3,(H,18,21). The Hall–Kier alpha value is -1.64. The quantitative estimate of drug-likeness (QED) is 0.822. The van der Waals surface area contributed by atoms with Gasteiger partial charge in [0.2, 0.25) is 15.9 Å². The molecule has 1 aliphatic heterocycles. The van der Waals surface area contributed by atoms with Gasteiger partial charge in [-0.1, -0.05) is 0 Å². The number of hydrogen-bond donors (Lipinski definition) is 2. The van der Waals surface area contributed by atoms with Gasteiger partial charge in [-0.2, -0.15) is 0 Å². The fourth-order valence-corrected chi connectivity index (χ4v) is 3.62. The highest BCUT2D eigenvalue weighted by Gasteiger charge is 2.24. The molecule has 7 nitrogen and oxygen atoms in total. The van der Waals surface area contributed by atoms with Gasteiger partial charge in [-0.3, -0.25) is 4.79 Å². The van der Waals surface area contributed by atoms with E-state index in [0.29, 0.717) is 5.69 Å². The van der Waals surface area contributed by atoms with Crippen molar-refractivity contribution in [3.63, 3.8) is 0 Å². The fraction of sp³-hybridized carbons (Fsp3) is 0.562. The van der Waals surface area contributed by atoms with Crippen molar-refractivity contribution in [2.75, 3.05) is 51.5 Å². The third-order valence-corrected chi connectivity index (χ3v) is 6.01. The lowest BCUT2D eigenvalue weighted by Gasteiger charge is -2.24. The zero-order valence-corrected chi connectivity index (χ0v) is 15.5. The predicted octanol–water partition coefficient (Wildman–Crippen LogP) is 0.941. The molecule has 0 unspecified atom stereocenters. The molecule has 2 N–H and O–H groups in total. The number of nitrogens with zero attached hydrogens (tertiary/aromatic N) is 2. The molecule has 0 aliphatic carbocycles. The van der Waals surface area contributed by atoms with Crippen molar-refractivity contribution in [1.82, 2.24) is 9.62 Å². The molecule has 0 radical (unpaired) electrons. The molecule has 0 atom stereocenters. The summed E-state index contributed by atoms with van der Waals surface area (Å²) in [5, 5.41) is 6.15. The summed E-state index contributed by atoms with van der Waals surface area (Å²) < 4.78 is 25.9. The minimum atomic E-state index is -3.55. The Labute approximate surface area is 144 Å². The number of anilines is 2. The maximum Gasteiger partial charge on any atom is 0.242 e. The molecule has 2 rings (SSSR count). The smallest absolute Gasteiger partial charge is 0.242 e. The summed E-state index contributed by atoms with van der Waals surface area (Å²) in [5.74, 6) is -0.102. The van der Waals surface area contributed by atoms with Gasteiger partial charge < -0.3 is 15.5 Å². The van der Waals surface area contributed by atoms with Crippen LogP contribution in [0.4, 0.5) is 11.4 Å². The molecule has 134 valence electrons. The van der Waals surface area contributed by atoms with Gasteiger partial charge in [-0.05, 0) is 44.1 Å². The maximum absolute atomic E-state index is 12.5. The van der Waals surface area contributed by atoms with Crippen LogP contribution in [0.2, 0.25) is 0 Å². The number of nitrogens with one attached hydrogen (secondary N) is 2.